The Bertz CT molecular complexity index is 814. The van der Waals surface area contributed by atoms with Gasteiger partial charge in [0.25, 0.3) is 5.56 Å². The lowest BCUT2D eigenvalue weighted by molar-refractivity contribution is 0.0897. The topological polar surface area (TPSA) is 44.1 Å². The number of halogens is 1. The van der Waals surface area contributed by atoms with Crippen LogP contribution in [0.5, 0.6) is 0 Å². The van der Waals surface area contributed by atoms with Crippen LogP contribution >= 0.6 is 11.3 Å². The van der Waals surface area contributed by atoms with E-state index in [0.717, 1.165) is 4.88 Å². The van der Waals surface area contributed by atoms with Crippen LogP contribution in [0.15, 0.2) is 46.8 Å². The van der Waals surface area contributed by atoms with Gasteiger partial charge < -0.3 is 4.74 Å². The minimum Gasteiger partial charge on any atom is -0.374 e. The Hall–Kier alpha value is -2.05. The van der Waals surface area contributed by atoms with E-state index in [2.05, 4.69) is 4.98 Å². The first kappa shape index (κ1) is 13.9. The van der Waals surface area contributed by atoms with Gasteiger partial charge in [0.1, 0.15) is 11.9 Å². The molecule has 0 aliphatic heterocycles. The molecule has 21 heavy (non-hydrogen) atoms. The van der Waals surface area contributed by atoms with E-state index in [1.54, 1.807) is 18.4 Å². The van der Waals surface area contributed by atoms with Crippen molar-refractivity contribution in [3.05, 3.63) is 63.1 Å². The van der Waals surface area contributed by atoms with E-state index < -0.39 is 5.82 Å². The molecule has 108 valence electrons. The number of benzene rings is 1. The van der Waals surface area contributed by atoms with Gasteiger partial charge in [-0.2, -0.15) is 0 Å². The van der Waals surface area contributed by atoms with Crippen molar-refractivity contribution >= 4 is 22.2 Å². The normalized spacial score (nSPS) is 12.7. The van der Waals surface area contributed by atoms with Crippen molar-refractivity contribution in [1.82, 2.24) is 9.55 Å². The molecular weight excluding hydrogens is 291 g/mol. The lowest BCUT2D eigenvalue weighted by atomic mass is 10.2. The predicted molar refractivity (Wildman–Crippen MR) is 80.0 cm³/mol. The van der Waals surface area contributed by atoms with E-state index in [1.807, 2.05) is 17.5 Å². The Morgan fingerprint density at radius 3 is 3.00 bits per heavy atom. The summed E-state index contributed by atoms with van der Waals surface area (Å²) in [6.45, 7) is 0.371. The van der Waals surface area contributed by atoms with E-state index in [9.17, 15) is 9.18 Å². The van der Waals surface area contributed by atoms with Gasteiger partial charge in [0.2, 0.25) is 0 Å². The summed E-state index contributed by atoms with van der Waals surface area (Å²) in [6.07, 6.45) is 1.23. The molecule has 4 nitrogen and oxygen atoms in total. The van der Waals surface area contributed by atoms with Crippen LogP contribution in [0.1, 0.15) is 11.0 Å². The molecule has 0 N–H and O–H groups in total. The quantitative estimate of drug-likeness (QED) is 0.744. The zero-order valence-electron chi connectivity index (χ0n) is 11.3. The summed E-state index contributed by atoms with van der Waals surface area (Å²) < 4.78 is 20.1. The SMILES string of the molecule is COC(Cn1cnc2cc(F)ccc2c1=O)c1cccs1. The number of ether oxygens (including phenoxy) is 1. The number of aromatic nitrogens is 2. The summed E-state index contributed by atoms with van der Waals surface area (Å²) in [5, 5.41) is 2.37. The first-order chi connectivity index (χ1) is 10.2. The maximum atomic E-state index is 13.2. The Labute approximate surface area is 124 Å². The smallest absolute Gasteiger partial charge is 0.261 e. The van der Waals surface area contributed by atoms with Gasteiger partial charge >= 0.3 is 0 Å². The van der Waals surface area contributed by atoms with E-state index in [0.29, 0.717) is 17.4 Å². The van der Waals surface area contributed by atoms with E-state index in [4.69, 9.17) is 4.74 Å². The number of hydrogen-bond donors (Lipinski definition) is 0. The van der Waals surface area contributed by atoms with Crippen molar-refractivity contribution in [2.24, 2.45) is 0 Å². The highest BCUT2D eigenvalue weighted by Gasteiger charge is 2.14. The van der Waals surface area contributed by atoms with Gasteiger partial charge in [-0.15, -0.1) is 11.3 Å². The Morgan fingerprint density at radius 1 is 1.43 bits per heavy atom. The molecule has 0 aliphatic carbocycles. The monoisotopic (exact) mass is 304 g/mol. The molecule has 0 radical (unpaired) electrons. The third kappa shape index (κ3) is 2.72. The molecule has 2 heterocycles. The fourth-order valence-corrected chi connectivity index (χ4v) is 2.99. The zero-order chi connectivity index (χ0) is 14.8. The molecule has 0 aliphatic rings. The molecule has 0 fully saturated rings. The lowest BCUT2D eigenvalue weighted by Crippen LogP contribution is -2.24. The molecule has 0 amide bonds. The zero-order valence-corrected chi connectivity index (χ0v) is 12.1. The molecule has 0 spiro atoms. The van der Waals surface area contributed by atoms with Crippen molar-refractivity contribution in [3.8, 4) is 0 Å². The first-order valence-electron chi connectivity index (χ1n) is 6.40. The maximum absolute atomic E-state index is 13.2. The standard InChI is InChI=1S/C15H13FN2O2S/c1-20-13(14-3-2-6-21-14)8-18-9-17-12-7-10(16)4-5-11(12)15(18)19/h2-7,9,13H,8H2,1H3. The second-order valence-corrected chi connectivity index (χ2v) is 5.58. The molecule has 1 unspecified atom stereocenters. The Balaban J connectivity index is 1.99. The minimum atomic E-state index is -0.402. The number of rotatable bonds is 4. The summed E-state index contributed by atoms with van der Waals surface area (Å²) >= 11 is 1.58. The number of nitrogens with zero attached hydrogens (tertiary/aromatic N) is 2. The molecule has 1 aromatic carbocycles. The van der Waals surface area contributed by atoms with Gasteiger partial charge in [-0.3, -0.25) is 9.36 Å². The van der Waals surface area contributed by atoms with Gasteiger partial charge in [-0.1, -0.05) is 6.07 Å². The van der Waals surface area contributed by atoms with Gasteiger partial charge in [0.15, 0.2) is 0 Å². The highest BCUT2D eigenvalue weighted by molar-refractivity contribution is 7.10. The van der Waals surface area contributed by atoms with Gasteiger partial charge in [0.05, 0.1) is 23.8 Å². The third-order valence-corrected chi connectivity index (χ3v) is 4.26. The average molecular weight is 304 g/mol. The highest BCUT2D eigenvalue weighted by Crippen LogP contribution is 2.23. The number of methoxy groups -OCH3 is 1. The summed E-state index contributed by atoms with van der Waals surface area (Å²) in [7, 11) is 1.61. The van der Waals surface area contributed by atoms with Crippen molar-refractivity contribution < 1.29 is 9.13 Å². The Kier molecular flexibility index (Phi) is 3.81. The van der Waals surface area contributed by atoms with Crippen molar-refractivity contribution in [2.45, 2.75) is 12.6 Å². The molecule has 6 heteroatoms. The van der Waals surface area contributed by atoms with Gasteiger partial charge in [0, 0.05) is 18.1 Å². The molecule has 2 aromatic heterocycles. The van der Waals surface area contributed by atoms with Crippen molar-refractivity contribution in [3.63, 3.8) is 0 Å². The second-order valence-electron chi connectivity index (χ2n) is 4.60. The molecule has 1 atom stereocenters. The van der Waals surface area contributed by atoms with Crippen molar-refractivity contribution in [1.29, 1.82) is 0 Å². The molecule has 3 rings (SSSR count). The van der Waals surface area contributed by atoms with E-state index in [-0.39, 0.29) is 11.7 Å². The maximum Gasteiger partial charge on any atom is 0.261 e. The molecule has 0 saturated heterocycles. The Morgan fingerprint density at radius 2 is 2.29 bits per heavy atom. The van der Waals surface area contributed by atoms with Crippen LogP contribution in [0, 0.1) is 5.82 Å². The summed E-state index contributed by atoms with van der Waals surface area (Å²) in [5.74, 6) is -0.402. The van der Waals surface area contributed by atoms with Crippen LogP contribution < -0.4 is 5.56 Å². The third-order valence-electron chi connectivity index (χ3n) is 3.29. The summed E-state index contributed by atoms with van der Waals surface area (Å²) in [4.78, 5) is 17.6. The molecule has 3 aromatic rings. The average Bonchev–Trinajstić information content (AvgIpc) is 3.00. The van der Waals surface area contributed by atoms with Gasteiger partial charge in [-0.25, -0.2) is 9.37 Å². The van der Waals surface area contributed by atoms with Crippen LogP contribution in [0.2, 0.25) is 0 Å². The van der Waals surface area contributed by atoms with E-state index >= 15 is 0 Å². The molecule has 0 bridgehead atoms. The van der Waals surface area contributed by atoms with Crippen LogP contribution in [0.3, 0.4) is 0 Å². The van der Waals surface area contributed by atoms with Crippen LogP contribution in [0.4, 0.5) is 4.39 Å². The second kappa shape index (κ2) is 5.75. The van der Waals surface area contributed by atoms with Crippen LogP contribution in [0.25, 0.3) is 10.9 Å². The van der Waals surface area contributed by atoms with Crippen molar-refractivity contribution in [2.75, 3.05) is 7.11 Å². The van der Waals surface area contributed by atoms with Crippen LogP contribution in [-0.4, -0.2) is 16.7 Å². The fraction of sp³-hybridized carbons (Fsp3) is 0.200. The summed E-state index contributed by atoms with van der Waals surface area (Å²) in [5.41, 5.74) is 0.167. The fourth-order valence-electron chi connectivity index (χ4n) is 2.20. The van der Waals surface area contributed by atoms with Crippen LogP contribution in [-0.2, 0) is 11.3 Å². The first-order valence-corrected chi connectivity index (χ1v) is 7.28. The largest absolute Gasteiger partial charge is 0.374 e. The number of hydrogen-bond acceptors (Lipinski definition) is 4. The number of thiophene rings is 1. The van der Waals surface area contributed by atoms with Gasteiger partial charge in [-0.05, 0) is 23.6 Å². The molecular formula is C15H13FN2O2S. The van der Waals surface area contributed by atoms with E-state index in [1.165, 1.54) is 29.1 Å². The number of fused-ring (bicyclic) bond motifs is 1. The highest BCUT2D eigenvalue weighted by atomic mass is 32.1. The molecule has 0 saturated carbocycles. The minimum absolute atomic E-state index is 0.196. The predicted octanol–water partition coefficient (Wildman–Crippen LogP) is 2.98. The summed E-state index contributed by atoms with van der Waals surface area (Å²) in [6, 6.07) is 7.89. The lowest BCUT2D eigenvalue weighted by Gasteiger charge is -2.15.